The fourth-order valence-electron chi connectivity index (χ4n) is 1.97. The van der Waals surface area contributed by atoms with Crippen molar-refractivity contribution in [3.63, 3.8) is 0 Å². The first-order valence-corrected chi connectivity index (χ1v) is 8.24. The van der Waals surface area contributed by atoms with Crippen molar-refractivity contribution in [2.75, 3.05) is 0 Å². The van der Waals surface area contributed by atoms with E-state index in [0.717, 1.165) is 6.42 Å². The van der Waals surface area contributed by atoms with Crippen LogP contribution in [0.1, 0.15) is 41.0 Å². The summed E-state index contributed by atoms with van der Waals surface area (Å²) in [6, 6.07) is 2.38. The van der Waals surface area contributed by atoms with Crippen LogP contribution in [0.4, 0.5) is 0 Å². The smallest absolute Gasteiger partial charge is 0.178 e. The molecular weight excluding hydrogens is 198 g/mol. The fourth-order valence-corrected chi connectivity index (χ4v) is 6.35. The predicted octanol–water partition coefficient (Wildman–Crippen LogP) is 4.29. The van der Waals surface area contributed by atoms with E-state index in [-0.39, 0.29) is 5.54 Å². The molecule has 0 radical (unpaired) electrons. The molecule has 0 saturated carbocycles. The van der Waals surface area contributed by atoms with Gasteiger partial charge in [-0.2, -0.15) is 16.3 Å². The molecule has 0 aromatic heterocycles. The first kappa shape index (κ1) is 13.0. The van der Waals surface area contributed by atoms with E-state index in [1.807, 2.05) is 0 Å². The summed E-state index contributed by atoms with van der Waals surface area (Å²) in [6.07, 6.45) is 0.891. The summed E-state index contributed by atoms with van der Waals surface area (Å²) in [4.78, 5) is 0. The Kier molecular flexibility index (Phi) is 5.02. The van der Waals surface area contributed by atoms with E-state index in [4.69, 9.17) is 16.3 Å². The number of hydrogen-bond acceptors (Lipinski definition) is 1. The van der Waals surface area contributed by atoms with Gasteiger partial charge in [0.2, 0.25) is 0 Å². The highest BCUT2D eigenvalue weighted by molar-refractivity contribution is 7.22. The molecule has 0 amide bonds. The number of nitriles is 1. The standard InChI is InChI=1S/C10H20ClNSi/c1-6-10(7-12)13(11,8(2)3)9(4)5/h8-10H,6H2,1-5H3. The van der Waals surface area contributed by atoms with Gasteiger partial charge in [0, 0.05) is 0 Å². The topological polar surface area (TPSA) is 23.8 Å². The van der Waals surface area contributed by atoms with Gasteiger partial charge in [0.15, 0.2) is 7.38 Å². The highest BCUT2D eigenvalue weighted by Gasteiger charge is 2.45. The molecule has 76 valence electrons. The van der Waals surface area contributed by atoms with Crippen molar-refractivity contribution in [1.29, 1.82) is 5.26 Å². The highest BCUT2D eigenvalue weighted by atomic mass is 35.6. The van der Waals surface area contributed by atoms with Gasteiger partial charge in [0.25, 0.3) is 0 Å². The van der Waals surface area contributed by atoms with Crippen LogP contribution < -0.4 is 0 Å². The second-order valence-electron chi connectivity index (χ2n) is 4.23. The first-order valence-electron chi connectivity index (χ1n) is 4.99. The van der Waals surface area contributed by atoms with Crippen LogP contribution in [0.15, 0.2) is 0 Å². The van der Waals surface area contributed by atoms with Crippen LogP contribution in [0.25, 0.3) is 0 Å². The summed E-state index contributed by atoms with van der Waals surface area (Å²) in [5.41, 5.74) is 1.03. The molecule has 0 heterocycles. The summed E-state index contributed by atoms with van der Waals surface area (Å²) in [5, 5.41) is 9.06. The van der Waals surface area contributed by atoms with Gasteiger partial charge in [-0.3, -0.25) is 0 Å². The zero-order chi connectivity index (χ0) is 10.6. The normalized spacial score (nSPS) is 14.7. The Labute approximate surface area is 87.8 Å². The summed E-state index contributed by atoms with van der Waals surface area (Å²) in [5.74, 6) is 0. The van der Waals surface area contributed by atoms with Crippen molar-refractivity contribution in [2.24, 2.45) is 0 Å². The molecule has 0 aliphatic rings. The fraction of sp³-hybridized carbons (Fsp3) is 0.900. The maximum Gasteiger partial charge on any atom is 0.178 e. The Bertz CT molecular complexity index is 188. The molecule has 1 nitrogen and oxygen atoms in total. The van der Waals surface area contributed by atoms with Crippen LogP contribution >= 0.6 is 11.1 Å². The van der Waals surface area contributed by atoms with Gasteiger partial charge < -0.3 is 0 Å². The van der Waals surface area contributed by atoms with Crippen molar-refractivity contribution >= 4 is 18.5 Å². The molecule has 0 bridgehead atoms. The second kappa shape index (κ2) is 5.02. The lowest BCUT2D eigenvalue weighted by Gasteiger charge is -2.35. The lowest BCUT2D eigenvalue weighted by Crippen LogP contribution is -2.39. The summed E-state index contributed by atoms with van der Waals surface area (Å²) >= 11 is 6.69. The van der Waals surface area contributed by atoms with Crippen LogP contribution in [0.2, 0.25) is 16.6 Å². The number of nitrogens with zero attached hydrogens (tertiary/aromatic N) is 1. The molecule has 3 heteroatoms. The maximum atomic E-state index is 9.06. The van der Waals surface area contributed by atoms with Gasteiger partial charge in [-0.25, -0.2) is 0 Å². The zero-order valence-electron chi connectivity index (χ0n) is 9.26. The molecule has 0 aromatic rings. The molecule has 0 saturated heterocycles. The molecule has 0 aliphatic carbocycles. The van der Waals surface area contributed by atoms with E-state index in [1.54, 1.807) is 0 Å². The molecule has 1 unspecified atom stereocenters. The minimum Gasteiger partial charge on any atom is -0.198 e. The Balaban J connectivity index is 4.89. The van der Waals surface area contributed by atoms with E-state index in [9.17, 15) is 0 Å². The van der Waals surface area contributed by atoms with E-state index in [2.05, 4.69) is 40.7 Å². The molecule has 1 atom stereocenters. The third-order valence-corrected chi connectivity index (χ3v) is 11.4. The van der Waals surface area contributed by atoms with Crippen molar-refractivity contribution in [3.05, 3.63) is 0 Å². The Hall–Kier alpha value is -0.00312. The molecule has 0 fully saturated rings. The van der Waals surface area contributed by atoms with Crippen LogP contribution in [0.5, 0.6) is 0 Å². The molecule has 0 rings (SSSR count). The van der Waals surface area contributed by atoms with Crippen LogP contribution in [0.3, 0.4) is 0 Å². The SMILES string of the molecule is CCC(C#N)[Si](Cl)(C(C)C)C(C)C. The van der Waals surface area contributed by atoms with Crippen LogP contribution in [-0.2, 0) is 0 Å². The third-order valence-electron chi connectivity index (χ3n) is 2.87. The van der Waals surface area contributed by atoms with Crippen molar-refractivity contribution in [1.82, 2.24) is 0 Å². The lowest BCUT2D eigenvalue weighted by molar-refractivity contribution is 0.828. The Morgan fingerprint density at radius 2 is 1.62 bits per heavy atom. The van der Waals surface area contributed by atoms with Gasteiger partial charge in [-0.15, -0.1) is 0 Å². The first-order chi connectivity index (χ1) is 5.91. The van der Waals surface area contributed by atoms with E-state index >= 15 is 0 Å². The molecule has 13 heavy (non-hydrogen) atoms. The Morgan fingerprint density at radius 3 is 1.69 bits per heavy atom. The van der Waals surface area contributed by atoms with Gasteiger partial charge in [0.1, 0.15) is 0 Å². The Morgan fingerprint density at radius 1 is 1.23 bits per heavy atom. The summed E-state index contributed by atoms with van der Waals surface area (Å²) in [7, 11) is -1.92. The van der Waals surface area contributed by atoms with Gasteiger partial charge >= 0.3 is 0 Å². The van der Waals surface area contributed by atoms with Crippen molar-refractivity contribution in [3.8, 4) is 6.07 Å². The molecule has 0 spiro atoms. The van der Waals surface area contributed by atoms with E-state index in [1.165, 1.54) is 0 Å². The molecule has 0 N–H and O–H groups in total. The second-order valence-corrected chi connectivity index (χ2v) is 10.9. The quantitative estimate of drug-likeness (QED) is 0.509. The number of rotatable bonds is 4. The van der Waals surface area contributed by atoms with Crippen LogP contribution in [0, 0.1) is 11.3 Å². The largest absolute Gasteiger partial charge is 0.198 e. The van der Waals surface area contributed by atoms with E-state index < -0.39 is 7.38 Å². The predicted molar refractivity (Wildman–Crippen MR) is 61.5 cm³/mol. The highest BCUT2D eigenvalue weighted by Crippen LogP contribution is 2.45. The number of halogens is 1. The number of hydrogen-bond donors (Lipinski definition) is 0. The average molecular weight is 218 g/mol. The van der Waals surface area contributed by atoms with Gasteiger partial charge in [0.05, 0.1) is 11.6 Å². The van der Waals surface area contributed by atoms with Crippen molar-refractivity contribution in [2.45, 2.75) is 57.7 Å². The van der Waals surface area contributed by atoms with E-state index in [0.29, 0.717) is 11.1 Å². The minimum atomic E-state index is -1.92. The average Bonchev–Trinajstić information content (AvgIpc) is 2.05. The van der Waals surface area contributed by atoms with Crippen LogP contribution in [-0.4, -0.2) is 7.38 Å². The van der Waals surface area contributed by atoms with Gasteiger partial charge in [-0.1, -0.05) is 34.6 Å². The molecular formula is C10H20ClNSi. The minimum absolute atomic E-state index is 0.0918. The molecule has 0 aromatic carbocycles. The van der Waals surface area contributed by atoms with Gasteiger partial charge in [-0.05, 0) is 17.5 Å². The van der Waals surface area contributed by atoms with Crippen molar-refractivity contribution < 1.29 is 0 Å². The third kappa shape index (κ3) is 2.48. The summed E-state index contributed by atoms with van der Waals surface area (Å²) in [6.45, 7) is 10.7. The lowest BCUT2D eigenvalue weighted by atomic mass is 10.4. The monoisotopic (exact) mass is 217 g/mol. The zero-order valence-corrected chi connectivity index (χ0v) is 11.0. The molecule has 0 aliphatic heterocycles. The summed E-state index contributed by atoms with van der Waals surface area (Å²) < 4.78 is 0. The maximum absolute atomic E-state index is 9.06.